The molecule has 0 radical (unpaired) electrons. The summed E-state index contributed by atoms with van der Waals surface area (Å²) in [5, 5.41) is 18.8. The summed E-state index contributed by atoms with van der Waals surface area (Å²) in [7, 11) is 0. The van der Waals surface area contributed by atoms with Crippen molar-refractivity contribution in [1.82, 2.24) is 4.37 Å². The molecule has 1 heterocycles. The summed E-state index contributed by atoms with van der Waals surface area (Å²) in [6.07, 6.45) is -1.06. The normalized spacial score (nSPS) is 12.2. The Morgan fingerprint density at radius 2 is 2.00 bits per heavy atom. The third-order valence-corrected chi connectivity index (χ3v) is 4.49. The SMILES string of the molecule is O=C(c1snc(Cl)c1Cl)N(CC(O)CO)c1ccccc1. The van der Waals surface area contributed by atoms with Gasteiger partial charge in [-0.1, -0.05) is 41.4 Å². The molecule has 1 unspecified atom stereocenters. The molecule has 1 aromatic carbocycles. The lowest BCUT2D eigenvalue weighted by molar-refractivity contribution is 0.0870. The molecule has 21 heavy (non-hydrogen) atoms. The zero-order valence-corrected chi connectivity index (χ0v) is 13.1. The number of rotatable bonds is 5. The second-order valence-corrected chi connectivity index (χ2v) is 5.71. The average Bonchev–Trinajstić information content (AvgIpc) is 2.84. The Labute approximate surface area is 135 Å². The Kier molecular flexibility index (Phi) is 5.55. The van der Waals surface area contributed by atoms with Crippen molar-refractivity contribution >= 4 is 46.3 Å². The Morgan fingerprint density at radius 3 is 2.52 bits per heavy atom. The highest BCUT2D eigenvalue weighted by Gasteiger charge is 2.25. The third kappa shape index (κ3) is 3.72. The summed E-state index contributed by atoms with van der Waals surface area (Å²) < 4.78 is 3.83. The van der Waals surface area contributed by atoms with Crippen LogP contribution in [0.3, 0.4) is 0 Å². The molecule has 0 saturated heterocycles. The number of para-hydroxylation sites is 1. The number of amides is 1. The molecule has 112 valence electrons. The first kappa shape index (κ1) is 16.2. The first-order valence-electron chi connectivity index (χ1n) is 6.01. The first-order valence-corrected chi connectivity index (χ1v) is 7.54. The fourth-order valence-corrected chi connectivity index (χ4v) is 2.86. The monoisotopic (exact) mass is 346 g/mol. The molecule has 1 atom stereocenters. The highest BCUT2D eigenvalue weighted by Crippen LogP contribution is 2.30. The van der Waals surface area contributed by atoms with Gasteiger partial charge in [-0.25, -0.2) is 0 Å². The van der Waals surface area contributed by atoms with Gasteiger partial charge in [-0.3, -0.25) is 4.79 Å². The number of carbonyl (C=O) groups excluding carboxylic acids is 1. The molecule has 1 aromatic heterocycles. The van der Waals surface area contributed by atoms with Crippen molar-refractivity contribution in [2.45, 2.75) is 6.10 Å². The third-order valence-electron chi connectivity index (χ3n) is 2.71. The number of nitrogens with zero attached hydrogens (tertiary/aromatic N) is 2. The molecule has 2 rings (SSSR count). The Hall–Kier alpha value is -1.18. The lowest BCUT2D eigenvalue weighted by atomic mass is 10.2. The Balaban J connectivity index is 2.35. The quantitative estimate of drug-likeness (QED) is 0.871. The minimum Gasteiger partial charge on any atom is -0.394 e. The zero-order chi connectivity index (χ0) is 15.4. The minimum absolute atomic E-state index is 0.0643. The van der Waals surface area contributed by atoms with Crippen LogP contribution in [0.1, 0.15) is 9.67 Å². The predicted molar refractivity (Wildman–Crippen MR) is 83.3 cm³/mol. The number of carbonyl (C=O) groups is 1. The van der Waals surface area contributed by atoms with E-state index in [4.69, 9.17) is 28.3 Å². The van der Waals surface area contributed by atoms with E-state index in [2.05, 4.69) is 4.37 Å². The summed E-state index contributed by atoms with van der Waals surface area (Å²) in [6.45, 7) is -0.515. The van der Waals surface area contributed by atoms with E-state index in [1.165, 1.54) is 4.90 Å². The van der Waals surface area contributed by atoms with Crippen molar-refractivity contribution in [2.24, 2.45) is 0 Å². The van der Waals surface area contributed by atoms with Crippen molar-refractivity contribution in [1.29, 1.82) is 0 Å². The molecule has 8 heteroatoms. The number of hydrogen-bond acceptors (Lipinski definition) is 5. The molecule has 5 nitrogen and oxygen atoms in total. The van der Waals surface area contributed by atoms with Crippen LogP contribution in [0.15, 0.2) is 30.3 Å². The van der Waals surface area contributed by atoms with E-state index in [-0.39, 0.29) is 21.6 Å². The summed E-state index contributed by atoms with van der Waals surface area (Å²) in [6, 6.07) is 8.78. The minimum atomic E-state index is -1.06. The second kappa shape index (κ2) is 7.20. The molecule has 2 N–H and O–H groups in total. The van der Waals surface area contributed by atoms with Crippen LogP contribution < -0.4 is 4.90 Å². The van der Waals surface area contributed by atoms with E-state index in [0.29, 0.717) is 5.69 Å². The van der Waals surface area contributed by atoms with Gasteiger partial charge in [0.15, 0.2) is 5.15 Å². The van der Waals surface area contributed by atoms with E-state index in [1.807, 2.05) is 6.07 Å². The Bertz CT molecular complexity index is 621. The van der Waals surface area contributed by atoms with Crippen molar-refractivity contribution < 1.29 is 15.0 Å². The summed E-state index contributed by atoms with van der Waals surface area (Å²) in [4.78, 5) is 14.1. The smallest absolute Gasteiger partial charge is 0.271 e. The van der Waals surface area contributed by atoms with Crippen LogP contribution in [-0.2, 0) is 0 Å². The van der Waals surface area contributed by atoms with Crippen molar-refractivity contribution in [3.8, 4) is 0 Å². The average molecular weight is 347 g/mol. The van der Waals surface area contributed by atoms with Gasteiger partial charge in [-0.05, 0) is 23.7 Å². The maximum absolute atomic E-state index is 12.6. The van der Waals surface area contributed by atoms with Crippen LogP contribution in [0.4, 0.5) is 5.69 Å². The van der Waals surface area contributed by atoms with Gasteiger partial charge in [0.2, 0.25) is 0 Å². The lowest BCUT2D eigenvalue weighted by Crippen LogP contribution is -2.38. The van der Waals surface area contributed by atoms with Crippen LogP contribution in [0.2, 0.25) is 10.2 Å². The van der Waals surface area contributed by atoms with Crippen LogP contribution in [-0.4, -0.2) is 39.7 Å². The number of anilines is 1. The molecule has 0 aliphatic rings. The number of aliphatic hydroxyl groups is 2. The second-order valence-electron chi connectivity index (χ2n) is 4.20. The fourth-order valence-electron chi connectivity index (χ4n) is 1.70. The molecule has 0 spiro atoms. The molecule has 0 saturated carbocycles. The van der Waals surface area contributed by atoms with Gasteiger partial charge in [-0.15, -0.1) is 0 Å². The molecular formula is C13H12Cl2N2O3S. The van der Waals surface area contributed by atoms with Crippen LogP contribution in [0.5, 0.6) is 0 Å². The van der Waals surface area contributed by atoms with Gasteiger partial charge < -0.3 is 15.1 Å². The van der Waals surface area contributed by atoms with Gasteiger partial charge >= 0.3 is 0 Å². The van der Waals surface area contributed by atoms with E-state index < -0.39 is 18.6 Å². The van der Waals surface area contributed by atoms with Crippen LogP contribution in [0, 0.1) is 0 Å². The van der Waals surface area contributed by atoms with Crippen LogP contribution >= 0.6 is 34.7 Å². The maximum Gasteiger partial charge on any atom is 0.271 e. The molecule has 0 aliphatic heterocycles. The number of benzene rings is 1. The van der Waals surface area contributed by atoms with E-state index in [9.17, 15) is 9.90 Å². The highest BCUT2D eigenvalue weighted by atomic mass is 35.5. The number of halogens is 2. The molecule has 0 bridgehead atoms. The number of hydrogen-bond donors (Lipinski definition) is 2. The van der Waals surface area contributed by atoms with Crippen LogP contribution in [0.25, 0.3) is 0 Å². The van der Waals surface area contributed by atoms with Crippen molar-refractivity contribution in [3.05, 3.63) is 45.4 Å². The molecule has 0 fully saturated rings. The summed E-state index contributed by atoms with van der Waals surface area (Å²) in [5.74, 6) is -0.428. The van der Waals surface area contributed by atoms with Gasteiger partial charge in [-0.2, -0.15) is 4.37 Å². The van der Waals surface area contributed by atoms with Gasteiger partial charge in [0, 0.05) is 5.69 Å². The van der Waals surface area contributed by atoms with Crippen molar-refractivity contribution in [2.75, 3.05) is 18.1 Å². The highest BCUT2D eigenvalue weighted by molar-refractivity contribution is 7.09. The number of aromatic nitrogens is 1. The van der Waals surface area contributed by atoms with Crippen molar-refractivity contribution in [3.63, 3.8) is 0 Å². The first-order chi connectivity index (χ1) is 10.0. The molecular weight excluding hydrogens is 335 g/mol. The lowest BCUT2D eigenvalue weighted by Gasteiger charge is -2.24. The van der Waals surface area contributed by atoms with E-state index in [0.717, 1.165) is 11.5 Å². The summed E-state index contributed by atoms with van der Waals surface area (Å²) in [5.41, 5.74) is 0.579. The van der Waals surface area contributed by atoms with Gasteiger partial charge in [0.05, 0.1) is 19.3 Å². The number of aliphatic hydroxyl groups excluding tert-OH is 2. The fraction of sp³-hybridized carbons (Fsp3) is 0.231. The topological polar surface area (TPSA) is 73.7 Å². The van der Waals surface area contributed by atoms with E-state index in [1.54, 1.807) is 24.3 Å². The van der Waals surface area contributed by atoms with E-state index >= 15 is 0 Å². The molecule has 0 aliphatic carbocycles. The van der Waals surface area contributed by atoms with Gasteiger partial charge in [0.25, 0.3) is 5.91 Å². The molecule has 1 amide bonds. The Morgan fingerprint density at radius 1 is 1.33 bits per heavy atom. The maximum atomic E-state index is 12.6. The zero-order valence-electron chi connectivity index (χ0n) is 10.7. The standard InChI is InChI=1S/C13H12Cl2N2O3S/c14-10-11(21-16-12(10)15)13(20)17(6-9(19)7-18)8-4-2-1-3-5-8/h1-5,9,18-19H,6-7H2. The predicted octanol–water partition coefficient (Wildman–Crippen LogP) is 2.45. The van der Waals surface area contributed by atoms with Gasteiger partial charge in [0.1, 0.15) is 9.90 Å². The summed E-state index contributed by atoms with van der Waals surface area (Å²) >= 11 is 12.6. The molecule has 2 aromatic rings. The largest absolute Gasteiger partial charge is 0.394 e.